The molecule has 2 aromatic carbocycles. The maximum Gasteiger partial charge on any atom is 0.252 e. The first-order valence-corrected chi connectivity index (χ1v) is 7.67. The highest BCUT2D eigenvalue weighted by Gasteiger charge is 2.20. The SMILES string of the molecule is COc1cc(C(C#N)NC(=O)c2ccc(Cl)cc2)cc(OC)c1OC. The highest BCUT2D eigenvalue weighted by Crippen LogP contribution is 2.39. The predicted octanol–water partition coefficient (Wildman–Crippen LogP) is 3.36. The molecule has 1 amide bonds. The Morgan fingerprint density at radius 1 is 1.08 bits per heavy atom. The number of rotatable bonds is 6. The van der Waals surface area contributed by atoms with Crippen LogP contribution in [-0.4, -0.2) is 27.2 Å². The standard InChI is InChI=1S/C18H17ClN2O4/c1-23-15-8-12(9-16(24-2)17(15)25-3)14(10-20)21-18(22)11-4-6-13(19)7-5-11/h4-9,14H,1-3H3,(H,21,22). The van der Waals surface area contributed by atoms with Crippen molar-refractivity contribution < 1.29 is 19.0 Å². The molecule has 2 rings (SSSR count). The molecule has 2 aromatic rings. The lowest BCUT2D eigenvalue weighted by Crippen LogP contribution is -2.27. The number of hydrogen-bond donors (Lipinski definition) is 1. The lowest BCUT2D eigenvalue weighted by atomic mass is 10.1. The molecule has 0 aliphatic heterocycles. The van der Waals surface area contributed by atoms with Gasteiger partial charge in [0.15, 0.2) is 11.5 Å². The lowest BCUT2D eigenvalue weighted by molar-refractivity contribution is 0.0945. The number of carbonyl (C=O) groups is 1. The second-order valence-electron chi connectivity index (χ2n) is 5.00. The number of amides is 1. The minimum Gasteiger partial charge on any atom is -0.493 e. The fourth-order valence-corrected chi connectivity index (χ4v) is 2.40. The van der Waals surface area contributed by atoms with Gasteiger partial charge in [0.05, 0.1) is 27.4 Å². The van der Waals surface area contributed by atoms with Crippen molar-refractivity contribution in [2.75, 3.05) is 21.3 Å². The zero-order chi connectivity index (χ0) is 18.4. The minimum absolute atomic E-state index is 0.392. The maximum absolute atomic E-state index is 12.3. The molecule has 0 aliphatic carbocycles. The Morgan fingerprint density at radius 2 is 1.64 bits per heavy atom. The zero-order valence-electron chi connectivity index (χ0n) is 14.0. The van der Waals surface area contributed by atoms with Crippen molar-refractivity contribution in [2.24, 2.45) is 0 Å². The van der Waals surface area contributed by atoms with Crippen LogP contribution in [0.25, 0.3) is 0 Å². The summed E-state index contributed by atoms with van der Waals surface area (Å²) in [5.41, 5.74) is 0.913. The Morgan fingerprint density at radius 3 is 2.08 bits per heavy atom. The van der Waals surface area contributed by atoms with Crippen LogP contribution < -0.4 is 19.5 Å². The van der Waals surface area contributed by atoms with E-state index >= 15 is 0 Å². The van der Waals surface area contributed by atoms with Crippen molar-refractivity contribution in [1.29, 1.82) is 5.26 Å². The molecule has 25 heavy (non-hydrogen) atoms. The third kappa shape index (κ3) is 4.14. The third-order valence-corrected chi connectivity index (χ3v) is 3.78. The van der Waals surface area contributed by atoms with Crippen molar-refractivity contribution in [3.63, 3.8) is 0 Å². The van der Waals surface area contributed by atoms with Crippen LogP contribution in [-0.2, 0) is 0 Å². The van der Waals surface area contributed by atoms with E-state index in [1.54, 1.807) is 36.4 Å². The molecule has 0 radical (unpaired) electrons. The van der Waals surface area contributed by atoms with E-state index in [1.807, 2.05) is 0 Å². The molecule has 0 saturated carbocycles. The number of hydrogen-bond acceptors (Lipinski definition) is 5. The largest absolute Gasteiger partial charge is 0.493 e. The van der Waals surface area contributed by atoms with Gasteiger partial charge in [-0.1, -0.05) is 11.6 Å². The number of nitriles is 1. The van der Waals surface area contributed by atoms with Gasteiger partial charge in [0.25, 0.3) is 5.91 Å². The molecule has 1 N–H and O–H groups in total. The van der Waals surface area contributed by atoms with Crippen molar-refractivity contribution in [2.45, 2.75) is 6.04 Å². The summed E-state index contributed by atoms with van der Waals surface area (Å²) in [4.78, 5) is 12.3. The Labute approximate surface area is 150 Å². The van der Waals surface area contributed by atoms with Gasteiger partial charge in [0.1, 0.15) is 6.04 Å². The molecule has 1 unspecified atom stereocenters. The molecule has 0 spiro atoms. The lowest BCUT2D eigenvalue weighted by Gasteiger charge is -2.17. The number of halogens is 1. The first-order valence-electron chi connectivity index (χ1n) is 7.30. The van der Waals surface area contributed by atoms with Crippen molar-refractivity contribution in [3.8, 4) is 23.3 Å². The first kappa shape index (κ1) is 18.4. The smallest absolute Gasteiger partial charge is 0.252 e. The molecule has 6 nitrogen and oxygen atoms in total. The second-order valence-corrected chi connectivity index (χ2v) is 5.44. The summed E-state index contributed by atoms with van der Waals surface area (Å²) in [6.45, 7) is 0. The van der Waals surface area contributed by atoms with Crippen LogP contribution in [0, 0.1) is 11.3 Å². The average Bonchev–Trinajstić information content (AvgIpc) is 2.65. The molecule has 7 heteroatoms. The highest BCUT2D eigenvalue weighted by atomic mass is 35.5. The van der Waals surface area contributed by atoms with Gasteiger partial charge in [-0.15, -0.1) is 0 Å². The van der Waals surface area contributed by atoms with Crippen LogP contribution in [0.15, 0.2) is 36.4 Å². The van der Waals surface area contributed by atoms with Crippen LogP contribution in [0.4, 0.5) is 0 Å². The first-order chi connectivity index (χ1) is 12.0. The Kier molecular flexibility index (Phi) is 6.09. The van der Waals surface area contributed by atoms with Crippen molar-refractivity contribution in [3.05, 3.63) is 52.5 Å². The summed E-state index contributed by atoms with van der Waals surface area (Å²) < 4.78 is 15.8. The Balaban J connectivity index is 2.33. The summed E-state index contributed by atoms with van der Waals surface area (Å²) in [6, 6.07) is 10.8. The van der Waals surface area contributed by atoms with E-state index in [2.05, 4.69) is 11.4 Å². The van der Waals surface area contributed by atoms with E-state index in [9.17, 15) is 10.1 Å². The minimum atomic E-state index is -0.892. The van der Waals surface area contributed by atoms with Crippen LogP contribution in [0.2, 0.25) is 5.02 Å². The molecule has 1 atom stereocenters. The number of carbonyl (C=O) groups excluding carboxylic acids is 1. The molecular weight excluding hydrogens is 344 g/mol. The number of methoxy groups -OCH3 is 3. The highest BCUT2D eigenvalue weighted by molar-refractivity contribution is 6.30. The summed E-state index contributed by atoms with van der Waals surface area (Å²) in [5.74, 6) is 0.821. The van der Waals surface area contributed by atoms with Crippen LogP contribution in [0.5, 0.6) is 17.2 Å². The van der Waals surface area contributed by atoms with Gasteiger partial charge >= 0.3 is 0 Å². The summed E-state index contributed by atoms with van der Waals surface area (Å²) >= 11 is 5.82. The molecule has 0 fully saturated rings. The van der Waals surface area contributed by atoms with Crippen LogP contribution in [0.1, 0.15) is 22.0 Å². The molecule has 0 bridgehead atoms. The molecule has 130 valence electrons. The molecule has 0 aromatic heterocycles. The summed E-state index contributed by atoms with van der Waals surface area (Å²) in [6.07, 6.45) is 0. The molecular formula is C18H17ClN2O4. The van der Waals surface area contributed by atoms with E-state index in [1.165, 1.54) is 21.3 Å². The van der Waals surface area contributed by atoms with E-state index in [-0.39, 0.29) is 0 Å². The van der Waals surface area contributed by atoms with Crippen molar-refractivity contribution in [1.82, 2.24) is 5.32 Å². The molecule has 0 saturated heterocycles. The van der Waals surface area contributed by atoms with E-state index in [0.717, 1.165) is 0 Å². The summed E-state index contributed by atoms with van der Waals surface area (Å²) in [5, 5.41) is 12.7. The van der Waals surface area contributed by atoms with Crippen LogP contribution in [0.3, 0.4) is 0 Å². The van der Waals surface area contributed by atoms with Crippen molar-refractivity contribution >= 4 is 17.5 Å². The van der Waals surface area contributed by atoms with Gasteiger partial charge in [-0.2, -0.15) is 5.26 Å². The van der Waals surface area contributed by atoms with E-state index in [4.69, 9.17) is 25.8 Å². The van der Waals surface area contributed by atoms with E-state index < -0.39 is 11.9 Å². The van der Waals surface area contributed by atoms with Gasteiger partial charge in [-0.3, -0.25) is 4.79 Å². The third-order valence-electron chi connectivity index (χ3n) is 3.53. The van der Waals surface area contributed by atoms with E-state index in [0.29, 0.717) is 33.4 Å². The number of nitrogens with zero attached hydrogens (tertiary/aromatic N) is 1. The van der Waals surface area contributed by atoms with Gasteiger partial charge < -0.3 is 19.5 Å². The number of ether oxygens (including phenoxy) is 3. The Hall–Kier alpha value is -2.91. The average molecular weight is 361 g/mol. The quantitative estimate of drug-likeness (QED) is 0.854. The fourth-order valence-electron chi connectivity index (χ4n) is 2.27. The topological polar surface area (TPSA) is 80.6 Å². The van der Waals surface area contributed by atoms with Crippen LogP contribution >= 0.6 is 11.6 Å². The maximum atomic E-state index is 12.3. The summed E-state index contributed by atoms with van der Waals surface area (Å²) in [7, 11) is 4.45. The number of benzene rings is 2. The monoisotopic (exact) mass is 360 g/mol. The van der Waals surface area contributed by atoms with Gasteiger partial charge in [0.2, 0.25) is 5.75 Å². The molecule has 0 heterocycles. The van der Waals surface area contributed by atoms with Gasteiger partial charge in [-0.05, 0) is 42.0 Å². The number of nitrogens with one attached hydrogen (secondary N) is 1. The van der Waals surface area contributed by atoms with Gasteiger partial charge in [0, 0.05) is 10.6 Å². The second kappa shape index (κ2) is 8.27. The molecule has 0 aliphatic rings. The predicted molar refractivity (Wildman–Crippen MR) is 93.4 cm³/mol. The van der Waals surface area contributed by atoms with Gasteiger partial charge in [-0.25, -0.2) is 0 Å². The Bertz CT molecular complexity index is 775. The normalized spacial score (nSPS) is 11.2. The zero-order valence-corrected chi connectivity index (χ0v) is 14.8. The fraction of sp³-hybridized carbons (Fsp3) is 0.222.